The van der Waals surface area contributed by atoms with Crippen LogP contribution in [-0.2, 0) is 4.74 Å². The second-order valence-corrected chi connectivity index (χ2v) is 4.94. The fourth-order valence-corrected chi connectivity index (χ4v) is 2.26. The number of nitrogens with one attached hydrogen (secondary N) is 1. The molecule has 0 fully saturated rings. The van der Waals surface area contributed by atoms with Gasteiger partial charge < -0.3 is 10.1 Å². The molecule has 0 saturated heterocycles. The highest BCUT2D eigenvalue weighted by Gasteiger charge is 2.11. The number of carbonyl (C=O) groups is 1. The van der Waals surface area contributed by atoms with Crippen LogP contribution in [0.1, 0.15) is 22.8 Å². The number of esters is 1. The standard InChI is InChI=1S/C15H14N4O2S/c1-3-21-15(20)10-4-6-11(7-5-10)19-13-12(8-16)14(22-2)18-9-17-13/h4-7,9H,3H2,1-2H3,(H,17,18,19). The summed E-state index contributed by atoms with van der Waals surface area (Å²) in [5, 5.41) is 12.9. The Kier molecular flexibility index (Phi) is 5.33. The largest absolute Gasteiger partial charge is 0.462 e. The molecule has 0 atom stereocenters. The van der Waals surface area contributed by atoms with Gasteiger partial charge in [0.15, 0.2) is 5.82 Å². The predicted octanol–water partition coefficient (Wildman–Crippen LogP) is 2.99. The van der Waals surface area contributed by atoms with Gasteiger partial charge in [-0.2, -0.15) is 5.26 Å². The van der Waals surface area contributed by atoms with Crippen LogP contribution in [0, 0.1) is 11.3 Å². The van der Waals surface area contributed by atoms with E-state index in [1.807, 2.05) is 6.26 Å². The molecule has 0 radical (unpaired) electrons. The Bertz CT molecular complexity index is 710. The van der Waals surface area contributed by atoms with Gasteiger partial charge in [0.2, 0.25) is 0 Å². The Labute approximate surface area is 132 Å². The average molecular weight is 314 g/mol. The summed E-state index contributed by atoms with van der Waals surface area (Å²) in [4.78, 5) is 19.7. The number of aromatic nitrogens is 2. The molecule has 0 aliphatic carbocycles. The lowest BCUT2D eigenvalue weighted by atomic mass is 10.2. The van der Waals surface area contributed by atoms with Crippen LogP contribution >= 0.6 is 11.8 Å². The Balaban J connectivity index is 2.22. The smallest absolute Gasteiger partial charge is 0.338 e. The fourth-order valence-electron chi connectivity index (χ4n) is 1.76. The molecule has 1 aromatic heterocycles. The molecule has 0 amide bonds. The lowest BCUT2D eigenvalue weighted by molar-refractivity contribution is 0.0526. The molecule has 112 valence electrons. The molecule has 0 aliphatic rings. The number of hydrogen-bond acceptors (Lipinski definition) is 7. The van der Waals surface area contributed by atoms with Crippen molar-refractivity contribution in [3.05, 3.63) is 41.7 Å². The number of thioether (sulfide) groups is 1. The normalized spacial score (nSPS) is 9.86. The molecule has 6 nitrogen and oxygen atoms in total. The van der Waals surface area contributed by atoms with E-state index < -0.39 is 0 Å². The molecule has 0 bridgehead atoms. The first kappa shape index (κ1) is 15.8. The van der Waals surface area contributed by atoms with Gasteiger partial charge in [0.05, 0.1) is 12.2 Å². The lowest BCUT2D eigenvalue weighted by Crippen LogP contribution is -2.05. The second kappa shape index (κ2) is 7.43. The van der Waals surface area contributed by atoms with Crippen molar-refractivity contribution in [3.63, 3.8) is 0 Å². The van der Waals surface area contributed by atoms with Crippen LogP contribution in [0.2, 0.25) is 0 Å². The SMILES string of the molecule is CCOC(=O)c1ccc(Nc2ncnc(SC)c2C#N)cc1. The van der Waals surface area contributed by atoms with Gasteiger partial charge >= 0.3 is 5.97 Å². The molecule has 1 heterocycles. The van der Waals surface area contributed by atoms with Gasteiger partial charge in [-0.25, -0.2) is 14.8 Å². The van der Waals surface area contributed by atoms with Gasteiger partial charge in [-0.05, 0) is 37.4 Å². The number of ether oxygens (including phenoxy) is 1. The number of benzene rings is 1. The van der Waals surface area contributed by atoms with E-state index in [1.54, 1.807) is 31.2 Å². The Hall–Kier alpha value is -2.59. The number of anilines is 2. The minimum Gasteiger partial charge on any atom is -0.462 e. The molecule has 7 heteroatoms. The summed E-state index contributed by atoms with van der Waals surface area (Å²) in [6.45, 7) is 2.10. The fraction of sp³-hybridized carbons (Fsp3) is 0.200. The van der Waals surface area contributed by atoms with Crippen LogP contribution < -0.4 is 5.32 Å². The van der Waals surface area contributed by atoms with Gasteiger partial charge in [-0.15, -0.1) is 11.8 Å². The van der Waals surface area contributed by atoms with Crippen molar-refractivity contribution in [1.29, 1.82) is 5.26 Å². The Morgan fingerprint density at radius 2 is 2.09 bits per heavy atom. The van der Waals surface area contributed by atoms with Crippen LogP contribution in [0.4, 0.5) is 11.5 Å². The summed E-state index contributed by atoms with van der Waals surface area (Å²) < 4.78 is 4.93. The van der Waals surface area contributed by atoms with Crippen molar-refractivity contribution in [3.8, 4) is 6.07 Å². The van der Waals surface area contributed by atoms with E-state index in [9.17, 15) is 10.1 Å². The van der Waals surface area contributed by atoms with Crippen LogP contribution in [0.25, 0.3) is 0 Å². The van der Waals surface area contributed by atoms with Crippen molar-refractivity contribution in [1.82, 2.24) is 9.97 Å². The van der Waals surface area contributed by atoms with E-state index in [2.05, 4.69) is 21.4 Å². The van der Waals surface area contributed by atoms with Crippen molar-refractivity contribution in [2.75, 3.05) is 18.2 Å². The average Bonchev–Trinajstić information content (AvgIpc) is 2.55. The summed E-state index contributed by atoms with van der Waals surface area (Å²) >= 11 is 1.38. The third kappa shape index (κ3) is 3.54. The molecule has 1 aromatic carbocycles. The maximum Gasteiger partial charge on any atom is 0.338 e. The third-order valence-corrected chi connectivity index (χ3v) is 3.47. The minimum absolute atomic E-state index is 0.336. The summed E-state index contributed by atoms with van der Waals surface area (Å²) in [6.07, 6.45) is 3.25. The van der Waals surface area contributed by atoms with Crippen molar-refractivity contribution in [2.24, 2.45) is 0 Å². The van der Waals surface area contributed by atoms with Crippen LogP contribution in [0.15, 0.2) is 35.6 Å². The molecular formula is C15H14N4O2S. The van der Waals surface area contributed by atoms with E-state index in [-0.39, 0.29) is 5.97 Å². The summed E-state index contributed by atoms with van der Waals surface area (Å²) in [5.74, 6) is 0.0733. The molecule has 2 aromatic rings. The number of hydrogen-bond donors (Lipinski definition) is 1. The second-order valence-electron chi connectivity index (χ2n) is 4.14. The molecule has 2 rings (SSSR count). The molecule has 0 saturated carbocycles. The minimum atomic E-state index is -0.363. The van der Waals surface area contributed by atoms with Crippen LogP contribution in [0.3, 0.4) is 0 Å². The number of carbonyl (C=O) groups excluding carboxylic acids is 1. The number of nitrogens with zero attached hydrogens (tertiary/aromatic N) is 3. The monoisotopic (exact) mass is 314 g/mol. The van der Waals surface area contributed by atoms with E-state index in [4.69, 9.17) is 4.74 Å². The van der Waals surface area contributed by atoms with Gasteiger partial charge in [0.25, 0.3) is 0 Å². The zero-order valence-electron chi connectivity index (χ0n) is 12.2. The lowest BCUT2D eigenvalue weighted by Gasteiger charge is -2.09. The topological polar surface area (TPSA) is 87.9 Å². The zero-order chi connectivity index (χ0) is 15.9. The zero-order valence-corrected chi connectivity index (χ0v) is 13.0. The highest BCUT2D eigenvalue weighted by molar-refractivity contribution is 7.98. The first-order chi connectivity index (χ1) is 10.7. The summed E-state index contributed by atoms with van der Waals surface area (Å²) in [7, 11) is 0. The molecule has 0 spiro atoms. The number of rotatable bonds is 5. The molecule has 0 aliphatic heterocycles. The van der Waals surface area contributed by atoms with Gasteiger partial charge in [-0.3, -0.25) is 0 Å². The van der Waals surface area contributed by atoms with Gasteiger partial charge in [0, 0.05) is 5.69 Å². The molecule has 1 N–H and O–H groups in total. The summed E-state index contributed by atoms with van der Waals surface area (Å²) in [5.41, 5.74) is 1.58. The van der Waals surface area contributed by atoms with E-state index >= 15 is 0 Å². The third-order valence-electron chi connectivity index (χ3n) is 2.78. The highest BCUT2D eigenvalue weighted by Crippen LogP contribution is 2.24. The van der Waals surface area contributed by atoms with Gasteiger partial charge in [0.1, 0.15) is 23.0 Å². The van der Waals surface area contributed by atoms with E-state index in [1.165, 1.54) is 18.1 Å². The Morgan fingerprint density at radius 3 is 2.68 bits per heavy atom. The molecular weight excluding hydrogens is 300 g/mol. The highest BCUT2D eigenvalue weighted by atomic mass is 32.2. The first-order valence-corrected chi connectivity index (χ1v) is 7.75. The first-order valence-electron chi connectivity index (χ1n) is 6.52. The van der Waals surface area contributed by atoms with Crippen LogP contribution in [0.5, 0.6) is 0 Å². The quantitative estimate of drug-likeness (QED) is 0.515. The molecule has 22 heavy (non-hydrogen) atoms. The summed E-state index contributed by atoms with van der Waals surface area (Å²) in [6, 6.07) is 8.87. The molecule has 0 unspecified atom stereocenters. The predicted molar refractivity (Wildman–Crippen MR) is 84.2 cm³/mol. The number of nitriles is 1. The van der Waals surface area contributed by atoms with Gasteiger partial charge in [-0.1, -0.05) is 0 Å². The maximum atomic E-state index is 11.6. The van der Waals surface area contributed by atoms with Crippen molar-refractivity contribution >= 4 is 29.2 Å². The maximum absolute atomic E-state index is 11.6. The van der Waals surface area contributed by atoms with Crippen molar-refractivity contribution in [2.45, 2.75) is 11.9 Å². The van der Waals surface area contributed by atoms with E-state index in [0.717, 1.165) is 5.69 Å². The Morgan fingerprint density at radius 1 is 1.36 bits per heavy atom. The van der Waals surface area contributed by atoms with Crippen molar-refractivity contribution < 1.29 is 9.53 Å². The van der Waals surface area contributed by atoms with E-state index in [0.29, 0.717) is 28.6 Å². The van der Waals surface area contributed by atoms with Crippen LogP contribution in [-0.4, -0.2) is 28.8 Å².